The molecule has 1 fully saturated rings. The van der Waals surface area contributed by atoms with Crippen molar-refractivity contribution in [2.75, 3.05) is 38.2 Å². The van der Waals surface area contributed by atoms with Crippen molar-refractivity contribution in [3.8, 4) is 0 Å². The molecule has 0 aromatic heterocycles. The summed E-state index contributed by atoms with van der Waals surface area (Å²) in [4.78, 5) is 28.0. The van der Waals surface area contributed by atoms with E-state index < -0.39 is 0 Å². The maximum atomic E-state index is 12.4. The maximum Gasteiger partial charge on any atom is 0.337 e. The third kappa shape index (κ3) is 4.71. The lowest BCUT2D eigenvalue weighted by Gasteiger charge is -2.36. The van der Waals surface area contributed by atoms with Gasteiger partial charge in [0.1, 0.15) is 0 Å². The zero-order valence-corrected chi connectivity index (χ0v) is 15.9. The highest BCUT2D eigenvalue weighted by molar-refractivity contribution is 6.31. The topological polar surface area (TPSA) is 61.9 Å². The largest absolute Gasteiger partial charge is 0.465 e. The first-order valence-corrected chi connectivity index (χ1v) is 9.16. The third-order valence-corrected chi connectivity index (χ3v) is 4.96. The molecule has 2 aromatic carbocycles. The lowest BCUT2D eigenvalue weighted by molar-refractivity contribution is 0.0600. The Bertz CT molecular complexity index is 820. The molecule has 1 aliphatic heterocycles. The Morgan fingerprint density at radius 2 is 1.81 bits per heavy atom. The summed E-state index contributed by atoms with van der Waals surface area (Å²) in [6, 6.07) is 14.7. The van der Waals surface area contributed by atoms with Crippen LogP contribution in [0.4, 0.5) is 10.5 Å². The van der Waals surface area contributed by atoms with Crippen LogP contribution in [0.3, 0.4) is 0 Å². The predicted molar refractivity (Wildman–Crippen MR) is 105 cm³/mol. The summed E-state index contributed by atoms with van der Waals surface area (Å²) in [5.74, 6) is -0.352. The molecular weight excluding hydrogens is 366 g/mol. The van der Waals surface area contributed by atoms with Crippen LogP contribution in [0.5, 0.6) is 0 Å². The van der Waals surface area contributed by atoms with Gasteiger partial charge in [-0.15, -0.1) is 0 Å². The number of esters is 1. The Morgan fingerprint density at radius 1 is 1.07 bits per heavy atom. The number of nitrogens with one attached hydrogen (secondary N) is 1. The van der Waals surface area contributed by atoms with E-state index in [9.17, 15) is 9.59 Å². The van der Waals surface area contributed by atoms with Crippen LogP contribution in [0.1, 0.15) is 15.9 Å². The van der Waals surface area contributed by atoms with E-state index in [1.54, 1.807) is 11.0 Å². The van der Waals surface area contributed by atoms with Crippen LogP contribution in [0.25, 0.3) is 0 Å². The smallest absolute Gasteiger partial charge is 0.337 e. The summed E-state index contributed by atoms with van der Waals surface area (Å²) in [6.45, 7) is 3.02. The molecule has 2 amide bonds. The monoisotopic (exact) mass is 387 g/mol. The van der Waals surface area contributed by atoms with Gasteiger partial charge in [0.2, 0.25) is 0 Å². The van der Waals surface area contributed by atoms with Gasteiger partial charge in [0.25, 0.3) is 0 Å². The van der Waals surface area contributed by atoms with Gasteiger partial charge in [0, 0.05) is 43.4 Å². The maximum absolute atomic E-state index is 12.4. The molecule has 1 N–H and O–H groups in total. The Hall–Kier alpha value is -2.73. The highest BCUT2D eigenvalue weighted by Crippen LogP contribution is 2.19. The van der Waals surface area contributed by atoms with Crippen LogP contribution in [-0.2, 0) is 11.3 Å². The normalized spacial score (nSPS) is 14.0. The van der Waals surface area contributed by atoms with Crippen molar-refractivity contribution in [1.29, 1.82) is 0 Å². The van der Waals surface area contributed by atoms with E-state index in [1.807, 2.05) is 42.5 Å². The lowest BCUT2D eigenvalue weighted by atomic mass is 10.1. The number of nitrogens with zero attached hydrogens (tertiary/aromatic N) is 2. The van der Waals surface area contributed by atoms with Gasteiger partial charge in [0.15, 0.2) is 0 Å². The number of halogens is 1. The second-order valence-corrected chi connectivity index (χ2v) is 6.67. The molecule has 0 spiro atoms. The van der Waals surface area contributed by atoms with Crippen LogP contribution in [0.2, 0.25) is 5.02 Å². The summed E-state index contributed by atoms with van der Waals surface area (Å²) in [7, 11) is 1.37. The highest BCUT2D eigenvalue weighted by atomic mass is 35.5. The molecule has 3 rings (SSSR count). The van der Waals surface area contributed by atoms with E-state index in [4.69, 9.17) is 16.3 Å². The number of hydrogen-bond acceptors (Lipinski definition) is 4. The van der Waals surface area contributed by atoms with Crippen LogP contribution in [0, 0.1) is 0 Å². The molecule has 0 atom stereocenters. The van der Waals surface area contributed by atoms with Crippen molar-refractivity contribution in [2.24, 2.45) is 0 Å². The second-order valence-electron chi connectivity index (χ2n) is 6.27. The van der Waals surface area contributed by atoms with Gasteiger partial charge >= 0.3 is 12.0 Å². The molecule has 1 heterocycles. The number of piperazine rings is 1. The molecule has 0 aliphatic carbocycles. The van der Waals surface area contributed by atoms with Crippen LogP contribution in [-0.4, -0.2) is 50.2 Å². The molecular formula is C20H22ClN3O3. The number of urea groups is 1. The van der Waals surface area contributed by atoms with Crippen molar-refractivity contribution in [3.05, 3.63) is 64.7 Å². The van der Waals surface area contributed by atoms with Crippen molar-refractivity contribution in [1.82, 2.24) is 10.2 Å². The average Bonchev–Trinajstić information content (AvgIpc) is 2.72. The van der Waals surface area contributed by atoms with Crippen molar-refractivity contribution in [3.63, 3.8) is 0 Å². The predicted octanol–water partition coefficient (Wildman–Crippen LogP) is 3.16. The van der Waals surface area contributed by atoms with Gasteiger partial charge < -0.3 is 19.9 Å². The molecule has 7 heteroatoms. The van der Waals surface area contributed by atoms with E-state index in [1.165, 1.54) is 7.11 Å². The zero-order valence-electron chi connectivity index (χ0n) is 15.2. The van der Waals surface area contributed by atoms with E-state index in [0.717, 1.165) is 11.3 Å². The van der Waals surface area contributed by atoms with E-state index >= 15 is 0 Å². The molecule has 1 saturated heterocycles. The summed E-state index contributed by atoms with van der Waals surface area (Å²) in [6.07, 6.45) is 0. The van der Waals surface area contributed by atoms with Gasteiger partial charge in [0.05, 0.1) is 12.7 Å². The summed E-state index contributed by atoms with van der Waals surface area (Å²) >= 11 is 6.12. The number of carbonyl (C=O) groups excluding carboxylic acids is 2. The fraction of sp³-hybridized carbons (Fsp3) is 0.300. The lowest BCUT2D eigenvalue weighted by Crippen LogP contribution is -2.51. The first kappa shape index (κ1) is 19.0. The van der Waals surface area contributed by atoms with Crippen LogP contribution in [0.15, 0.2) is 48.5 Å². The number of rotatable bonds is 4. The number of benzene rings is 2. The molecule has 0 bridgehead atoms. The minimum atomic E-state index is -0.352. The fourth-order valence-electron chi connectivity index (χ4n) is 3.04. The van der Waals surface area contributed by atoms with Gasteiger partial charge in [-0.05, 0) is 29.8 Å². The average molecular weight is 388 g/mol. The Labute approximate surface area is 163 Å². The Kier molecular flexibility index (Phi) is 6.19. The standard InChI is InChI=1S/C20H22ClN3O3/c1-27-19(25)15-6-4-7-17(13-15)23-9-11-24(12-10-23)20(26)22-14-16-5-2-3-8-18(16)21/h2-8,13H,9-12,14H2,1H3,(H,22,26). The number of anilines is 1. The first-order chi connectivity index (χ1) is 13.1. The first-order valence-electron chi connectivity index (χ1n) is 8.78. The number of ether oxygens (including phenoxy) is 1. The second kappa shape index (κ2) is 8.77. The quantitative estimate of drug-likeness (QED) is 0.818. The highest BCUT2D eigenvalue weighted by Gasteiger charge is 2.21. The molecule has 2 aromatic rings. The number of methoxy groups -OCH3 is 1. The summed E-state index contributed by atoms with van der Waals surface area (Å²) in [5, 5.41) is 3.56. The number of amides is 2. The fourth-order valence-corrected chi connectivity index (χ4v) is 3.24. The number of hydrogen-bond donors (Lipinski definition) is 1. The van der Waals surface area contributed by atoms with Crippen LogP contribution < -0.4 is 10.2 Å². The van der Waals surface area contributed by atoms with E-state index in [-0.39, 0.29) is 12.0 Å². The molecule has 0 radical (unpaired) electrons. The van der Waals surface area contributed by atoms with Gasteiger partial charge in [-0.2, -0.15) is 0 Å². The van der Waals surface area contributed by atoms with Gasteiger partial charge in [-0.25, -0.2) is 9.59 Å². The summed E-state index contributed by atoms with van der Waals surface area (Å²) in [5.41, 5.74) is 2.37. The molecule has 6 nitrogen and oxygen atoms in total. The summed E-state index contributed by atoms with van der Waals surface area (Å²) < 4.78 is 4.77. The van der Waals surface area contributed by atoms with Crippen LogP contribution >= 0.6 is 11.6 Å². The van der Waals surface area contributed by atoms with E-state index in [0.29, 0.717) is 43.3 Å². The van der Waals surface area contributed by atoms with Gasteiger partial charge in [-0.1, -0.05) is 35.9 Å². The molecule has 1 aliphatic rings. The Balaban J connectivity index is 1.53. The van der Waals surface area contributed by atoms with Crippen molar-refractivity contribution in [2.45, 2.75) is 6.54 Å². The Morgan fingerprint density at radius 3 is 2.52 bits per heavy atom. The molecule has 0 saturated carbocycles. The molecule has 27 heavy (non-hydrogen) atoms. The third-order valence-electron chi connectivity index (χ3n) is 4.59. The SMILES string of the molecule is COC(=O)c1cccc(N2CCN(C(=O)NCc3ccccc3Cl)CC2)c1. The van der Waals surface area contributed by atoms with Gasteiger partial charge in [-0.3, -0.25) is 0 Å². The zero-order chi connectivity index (χ0) is 19.2. The minimum absolute atomic E-state index is 0.0992. The van der Waals surface area contributed by atoms with Crippen molar-refractivity contribution >= 4 is 29.3 Å². The van der Waals surface area contributed by atoms with Crippen molar-refractivity contribution < 1.29 is 14.3 Å². The minimum Gasteiger partial charge on any atom is -0.465 e. The molecule has 142 valence electrons. The van der Waals surface area contributed by atoms with E-state index in [2.05, 4.69) is 10.2 Å². The number of carbonyl (C=O) groups is 2. The molecule has 0 unspecified atom stereocenters.